The molecule has 1 heterocycles. The van der Waals surface area contributed by atoms with Crippen molar-refractivity contribution >= 4 is 0 Å². The van der Waals surface area contributed by atoms with Crippen LogP contribution in [0.5, 0.6) is 11.5 Å². The SMILES string of the molecule is C.CCc1ccc(-c2ccc(CC)cc2)cc1.c1ccc(OCC2CC2)cc1.c1ccc(OCC2CO2)cc1. The summed E-state index contributed by atoms with van der Waals surface area (Å²) in [5.74, 6) is 2.76. The summed E-state index contributed by atoms with van der Waals surface area (Å²) in [6.45, 7) is 6.82. The molecule has 0 N–H and O–H groups in total. The first-order valence-electron chi connectivity index (χ1n) is 13.9. The molecule has 39 heavy (non-hydrogen) atoms. The van der Waals surface area contributed by atoms with E-state index in [-0.39, 0.29) is 7.43 Å². The van der Waals surface area contributed by atoms with Gasteiger partial charge >= 0.3 is 0 Å². The Balaban J connectivity index is 0.000000164. The zero-order valence-electron chi connectivity index (χ0n) is 22.7. The van der Waals surface area contributed by atoms with Crippen LogP contribution in [0.4, 0.5) is 0 Å². The van der Waals surface area contributed by atoms with Crippen LogP contribution in [0.1, 0.15) is 45.2 Å². The Morgan fingerprint density at radius 1 is 0.590 bits per heavy atom. The van der Waals surface area contributed by atoms with E-state index >= 15 is 0 Å². The van der Waals surface area contributed by atoms with Gasteiger partial charge in [-0.25, -0.2) is 0 Å². The molecule has 1 saturated heterocycles. The van der Waals surface area contributed by atoms with Crippen molar-refractivity contribution in [1.29, 1.82) is 0 Å². The first kappa shape index (κ1) is 30.0. The van der Waals surface area contributed by atoms with Gasteiger partial charge in [0.2, 0.25) is 0 Å². The summed E-state index contributed by atoms with van der Waals surface area (Å²) in [6.07, 6.45) is 5.26. The largest absolute Gasteiger partial charge is 0.493 e. The smallest absolute Gasteiger partial charge is 0.119 e. The Kier molecular flexibility index (Phi) is 12.6. The molecule has 2 fully saturated rings. The van der Waals surface area contributed by atoms with Crippen LogP contribution >= 0.6 is 0 Å². The maximum atomic E-state index is 5.53. The van der Waals surface area contributed by atoms with Crippen molar-refractivity contribution in [2.75, 3.05) is 19.8 Å². The minimum Gasteiger partial charge on any atom is -0.493 e. The number of epoxide rings is 1. The van der Waals surface area contributed by atoms with E-state index in [1.54, 1.807) is 0 Å². The monoisotopic (exact) mass is 524 g/mol. The number of hydrogen-bond donors (Lipinski definition) is 0. The van der Waals surface area contributed by atoms with Gasteiger partial charge in [0.15, 0.2) is 0 Å². The lowest BCUT2D eigenvalue weighted by Crippen LogP contribution is -2.03. The molecule has 3 nitrogen and oxygen atoms in total. The topological polar surface area (TPSA) is 31.0 Å². The summed E-state index contributed by atoms with van der Waals surface area (Å²) in [5.41, 5.74) is 5.41. The van der Waals surface area contributed by atoms with Crippen LogP contribution < -0.4 is 9.47 Å². The number of benzene rings is 4. The van der Waals surface area contributed by atoms with E-state index in [1.165, 1.54) is 35.1 Å². The summed E-state index contributed by atoms with van der Waals surface area (Å²) in [6, 6.07) is 37.5. The fourth-order valence-electron chi connectivity index (χ4n) is 3.75. The first-order valence-corrected chi connectivity index (χ1v) is 13.9. The second kappa shape index (κ2) is 16.4. The van der Waals surface area contributed by atoms with Crippen molar-refractivity contribution in [1.82, 2.24) is 0 Å². The average Bonchev–Trinajstić information content (AvgIpc) is 3.93. The standard InChI is InChI=1S/C16H18.C10H12O.C9H10O2.CH4/c1-3-13-5-9-15(10-6-13)16-11-7-14(4-2)8-12-16;1-2-4-10(5-3-1)11-8-9-6-7-9;1-2-4-8(5-3-1)10-6-9-7-11-9;/h5-12H,3-4H2,1-2H3;1-5,9H,6-8H2;1-5,9H,6-7H2;1H4. The van der Waals surface area contributed by atoms with Crippen molar-refractivity contribution in [2.24, 2.45) is 5.92 Å². The van der Waals surface area contributed by atoms with E-state index in [0.29, 0.717) is 12.7 Å². The number of para-hydroxylation sites is 2. The molecule has 1 saturated carbocycles. The van der Waals surface area contributed by atoms with Crippen molar-refractivity contribution < 1.29 is 14.2 Å². The summed E-state index contributed by atoms with van der Waals surface area (Å²) in [5, 5.41) is 0. The predicted molar refractivity (Wildman–Crippen MR) is 164 cm³/mol. The van der Waals surface area contributed by atoms with Crippen molar-refractivity contribution in [3.63, 3.8) is 0 Å². The van der Waals surface area contributed by atoms with Gasteiger partial charge in [-0.15, -0.1) is 0 Å². The van der Waals surface area contributed by atoms with E-state index in [0.717, 1.165) is 43.5 Å². The van der Waals surface area contributed by atoms with E-state index in [4.69, 9.17) is 14.2 Å². The lowest BCUT2D eigenvalue weighted by molar-refractivity contribution is 0.263. The van der Waals surface area contributed by atoms with Gasteiger partial charge in [-0.2, -0.15) is 0 Å². The van der Waals surface area contributed by atoms with Crippen LogP contribution in [-0.2, 0) is 17.6 Å². The third kappa shape index (κ3) is 11.4. The Hall–Kier alpha value is -3.56. The molecular formula is C36H44O3. The third-order valence-electron chi connectivity index (χ3n) is 6.56. The molecule has 0 bridgehead atoms. The Morgan fingerprint density at radius 3 is 1.36 bits per heavy atom. The molecule has 4 aromatic carbocycles. The third-order valence-corrected chi connectivity index (χ3v) is 6.56. The van der Waals surface area contributed by atoms with Crippen molar-refractivity contribution in [3.05, 3.63) is 120 Å². The molecule has 6 rings (SSSR count). The fourth-order valence-corrected chi connectivity index (χ4v) is 3.75. The minimum absolute atomic E-state index is 0. The Morgan fingerprint density at radius 2 is 1.00 bits per heavy atom. The number of rotatable bonds is 9. The van der Waals surface area contributed by atoms with Crippen LogP contribution in [0.2, 0.25) is 0 Å². The van der Waals surface area contributed by atoms with Crippen LogP contribution in [0, 0.1) is 5.92 Å². The van der Waals surface area contributed by atoms with Gasteiger partial charge in [0.05, 0.1) is 13.2 Å². The number of ether oxygens (including phenoxy) is 3. The summed E-state index contributed by atoms with van der Waals surface area (Å²) >= 11 is 0. The van der Waals surface area contributed by atoms with Gasteiger partial charge in [-0.1, -0.05) is 106 Å². The molecule has 0 amide bonds. The maximum absolute atomic E-state index is 5.53. The van der Waals surface area contributed by atoms with Crippen molar-refractivity contribution in [3.8, 4) is 22.6 Å². The molecule has 0 aromatic heterocycles. The highest BCUT2D eigenvalue weighted by atomic mass is 16.6. The first-order chi connectivity index (χ1) is 18.7. The van der Waals surface area contributed by atoms with E-state index in [9.17, 15) is 0 Å². The minimum atomic E-state index is 0. The van der Waals surface area contributed by atoms with Crippen LogP contribution in [0.15, 0.2) is 109 Å². The summed E-state index contributed by atoms with van der Waals surface area (Å²) in [7, 11) is 0. The zero-order valence-corrected chi connectivity index (χ0v) is 22.7. The highest BCUT2D eigenvalue weighted by Crippen LogP contribution is 2.29. The number of hydrogen-bond acceptors (Lipinski definition) is 3. The van der Waals surface area contributed by atoms with Gasteiger partial charge in [-0.05, 0) is 78.1 Å². The van der Waals surface area contributed by atoms with Gasteiger partial charge < -0.3 is 14.2 Å². The molecule has 0 spiro atoms. The molecule has 3 heteroatoms. The average molecular weight is 525 g/mol. The van der Waals surface area contributed by atoms with E-state index in [2.05, 4.69) is 62.4 Å². The van der Waals surface area contributed by atoms with Crippen LogP contribution in [-0.4, -0.2) is 25.9 Å². The quantitative estimate of drug-likeness (QED) is 0.205. The second-order valence-electron chi connectivity index (χ2n) is 9.75. The molecule has 2 aliphatic rings. The molecule has 1 atom stereocenters. The van der Waals surface area contributed by atoms with Crippen LogP contribution in [0.25, 0.3) is 11.1 Å². The normalized spacial score (nSPS) is 14.9. The molecule has 1 unspecified atom stereocenters. The van der Waals surface area contributed by atoms with Gasteiger partial charge in [0.1, 0.15) is 24.2 Å². The highest BCUT2D eigenvalue weighted by molar-refractivity contribution is 5.63. The Bertz CT molecular complexity index is 1070. The summed E-state index contributed by atoms with van der Waals surface area (Å²) < 4.78 is 15.9. The fraction of sp³-hybridized carbons (Fsp3) is 0.333. The molecule has 1 aliphatic heterocycles. The molecule has 206 valence electrons. The van der Waals surface area contributed by atoms with Gasteiger partial charge in [-0.3, -0.25) is 0 Å². The Labute approximate surface area is 235 Å². The second-order valence-corrected chi connectivity index (χ2v) is 9.75. The molecule has 1 aliphatic carbocycles. The van der Waals surface area contributed by atoms with Gasteiger partial charge in [0.25, 0.3) is 0 Å². The highest BCUT2D eigenvalue weighted by Gasteiger charge is 2.23. The predicted octanol–water partition coefficient (Wildman–Crippen LogP) is 9.05. The molecule has 0 radical (unpaired) electrons. The van der Waals surface area contributed by atoms with Crippen molar-refractivity contribution in [2.45, 2.75) is 53.1 Å². The maximum Gasteiger partial charge on any atom is 0.119 e. The molecule has 4 aromatic rings. The van der Waals surface area contributed by atoms with Crippen LogP contribution in [0.3, 0.4) is 0 Å². The van der Waals surface area contributed by atoms with E-state index in [1.807, 2.05) is 60.7 Å². The van der Waals surface area contributed by atoms with Gasteiger partial charge in [0, 0.05) is 0 Å². The summed E-state index contributed by atoms with van der Waals surface area (Å²) in [4.78, 5) is 0. The number of aryl methyl sites for hydroxylation is 2. The lowest BCUT2D eigenvalue weighted by Gasteiger charge is -2.04. The van der Waals surface area contributed by atoms with E-state index < -0.39 is 0 Å². The lowest BCUT2D eigenvalue weighted by atomic mass is 10.0. The zero-order chi connectivity index (χ0) is 26.4. The molecular weight excluding hydrogens is 480 g/mol.